The van der Waals surface area contributed by atoms with Crippen molar-refractivity contribution in [2.24, 2.45) is 0 Å². The number of nitrogens with one attached hydrogen (secondary N) is 1. The zero-order chi connectivity index (χ0) is 15.1. The van der Waals surface area contributed by atoms with Crippen molar-refractivity contribution in [2.75, 3.05) is 11.9 Å². The van der Waals surface area contributed by atoms with Crippen LogP contribution in [0.25, 0.3) is 0 Å². The molecule has 1 aromatic rings. The molecule has 0 bridgehead atoms. The van der Waals surface area contributed by atoms with Crippen molar-refractivity contribution in [2.45, 2.75) is 57.4 Å². The second-order valence-electron chi connectivity index (χ2n) is 5.49. The van der Waals surface area contributed by atoms with E-state index in [0.29, 0.717) is 31.3 Å². The van der Waals surface area contributed by atoms with Crippen LogP contribution in [-0.4, -0.2) is 33.2 Å². The van der Waals surface area contributed by atoms with E-state index in [9.17, 15) is 9.90 Å². The summed E-state index contributed by atoms with van der Waals surface area (Å²) in [5.41, 5.74) is -0.958. The number of aliphatic carboxylic acids is 1. The Morgan fingerprint density at radius 1 is 1.38 bits per heavy atom. The Balaban J connectivity index is 2.14. The van der Waals surface area contributed by atoms with Gasteiger partial charge in [0.1, 0.15) is 5.54 Å². The molecular formula is C15H23N3O3. The summed E-state index contributed by atoms with van der Waals surface area (Å²) in [6.45, 7) is 2.60. The summed E-state index contributed by atoms with van der Waals surface area (Å²) in [5.74, 6) is -0.0238. The van der Waals surface area contributed by atoms with E-state index in [0.717, 1.165) is 32.1 Å². The lowest BCUT2D eigenvalue weighted by molar-refractivity contribution is -0.142. The molecule has 0 radical (unpaired) electrons. The molecule has 1 saturated carbocycles. The Kier molecular flexibility index (Phi) is 5.36. The van der Waals surface area contributed by atoms with E-state index in [-0.39, 0.29) is 0 Å². The number of nitrogens with zero attached hydrogens (tertiary/aromatic N) is 2. The first-order valence-electron chi connectivity index (χ1n) is 7.64. The third-order valence-corrected chi connectivity index (χ3v) is 3.80. The molecule has 1 aromatic heterocycles. The normalized spacial score (nSPS) is 17.8. The molecule has 0 amide bonds. The van der Waals surface area contributed by atoms with Gasteiger partial charge in [-0.3, -0.25) is 0 Å². The molecule has 0 atom stereocenters. The van der Waals surface area contributed by atoms with Gasteiger partial charge in [-0.25, -0.2) is 9.78 Å². The van der Waals surface area contributed by atoms with E-state index < -0.39 is 11.5 Å². The van der Waals surface area contributed by atoms with Crippen LogP contribution in [0.3, 0.4) is 0 Å². The number of anilines is 1. The minimum absolute atomic E-state index is 0.327. The lowest BCUT2D eigenvalue weighted by atomic mass is 9.90. The molecule has 21 heavy (non-hydrogen) atoms. The van der Waals surface area contributed by atoms with E-state index in [1.54, 1.807) is 12.3 Å². The molecule has 1 aliphatic rings. The van der Waals surface area contributed by atoms with E-state index in [1.807, 2.05) is 6.92 Å². The third-order valence-electron chi connectivity index (χ3n) is 3.80. The van der Waals surface area contributed by atoms with E-state index in [4.69, 9.17) is 4.74 Å². The Labute approximate surface area is 124 Å². The maximum absolute atomic E-state index is 11.7. The van der Waals surface area contributed by atoms with Crippen LogP contribution in [0.5, 0.6) is 5.88 Å². The maximum atomic E-state index is 11.7. The van der Waals surface area contributed by atoms with Gasteiger partial charge in [0.2, 0.25) is 11.8 Å². The van der Waals surface area contributed by atoms with Gasteiger partial charge in [0, 0.05) is 12.3 Å². The summed E-state index contributed by atoms with van der Waals surface area (Å²) in [4.78, 5) is 20.1. The fourth-order valence-corrected chi connectivity index (χ4v) is 2.63. The number of carboxylic acid groups (broad SMARTS) is 1. The molecule has 0 unspecified atom stereocenters. The van der Waals surface area contributed by atoms with Crippen molar-refractivity contribution in [1.82, 2.24) is 9.97 Å². The summed E-state index contributed by atoms with van der Waals surface area (Å²) in [7, 11) is 0. The number of hydrogen-bond donors (Lipinski definition) is 2. The van der Waals surface area contributed by atoms with Crippen molar-refractivity contribution in [3.63, 3.8) is 0 Å². The molecule has 0 saturated heterocycles. The minimum Gasteiger partial charge on any atom is -0.480 e. The molecule has 6 nitrogen and oxygen atoms in total. The van der Waals surface area contributed by atoms with Crippen LogP contribution in [0.4, 0.5) is 5.95 Å². The maximum Gasteiger partial charge on any atom is 0.329 e. The quantitative estimate of drug-likeness (QED) is 0.785. The average molecular weight is 293 g/mol. The van der Waals surface area contributed by atoms with Crippen molar-refractivity contribution >= 4 is 11.9 Å². The largest absolute Gasteiger partial charge is 0.480 e. The highest BCUT2D eigenvalue weighted by molar-refractivity contribution is 5.82. The number of carboxylic acids is 1. The molecule has 0 spiro atoms. The van der Waals surface area contributed by atoms with Gasteiger partial charge in [0.15, 0.2) is 0 Å². The number of aromatic nitrogens is 2. The second kappa shape index (κ2) is 7.24. The van der Waals surface area contributed by atoms with Crippen molar-refractivity contribution in [1.29, 1.82) is 0 Å². The summed E-state index contributed by atoms with van der Waals surface area (Å²) in [6, 6.07) is 1.68. The standard InChI is InChI=1S/C15H23N3O3/c1-2-11-21-12-7-10-16-14(17-12)18-15(13(19)20)8-5-3-4-6-9-15/h7,10H,2-6,8-9,11H2,1H3,(H,19,20)(H,16,17,18). The molecule has 6 heteroatoms. The van der Waals surface area contributed by atoms with Gasteiger partial charge in [-0.05, 0) is 19.3 Å². The van der Waals surface area contributed by atoms with Crippen molar-refractivity contribution in [3.8, 4) is 5.88 Å². The first kappa shape index (κ1) is 15.5. The van der Waals surface area contributed by atoms with Crippen molar-refractivity contribution < 1.29 is 14.6 Å². The molecule has 0 aliphatic heterocycles. The SMILES string of the molecule is CCCOc1ccnc(NC2(C(=O)O)CCCCCC2)n1. The van der Waals surface area contributed by atoms with Crippen LogP contribution >= 0.6 is 0 Å². The first-order chi connectivity index (χ1) is 10.2. The predicted molar refractivity (Wildman–Crippen MR) is 79.5 cm³/mol. The molecule has 1 heterocycles. The van der Waals surface area contributed by atoms with E-state index >= 15 is 0 Å². The number of carbonyl (C=O) groups is 1. The second-order valence-corrected chi connectivity index (χ2v) is 5.49. The topological polar surface area (TPSA) is 84.3 Å². The van der Waals surface area contributed by atoms with Gasteiger partial charge in [-0.2, -0.15) is 4.98 Å². The van der Waals surface area contributed by atoms with Crippen LogP contribution in [0, 0.1) is 0 Å². The summed E-state index contributed by atoms with van der Waals surface area (Å²) in [6.07, 6.45) is 7.67. The van der Waals surface area contributed by atoms with Gasteiger partial charge in [0.05, 0.1) is 6.61 Å². The van der Waals surface area contributed by atoms with Crippen LogP contribution in [0.2, 0.25) is 0 Å². The molecule has 116 valence electrons. The molecular weight excluding hydrogens is 270 g/mol. The minimum atomic E-state index is -0.958. The van der Waals surface area contributed by atoms with Crippen LogP contribution in [0.15, 0.2) is 12.3 Å². The van der Waals surface area contributed by atoms with Gasteiger partial charge in [-0.15, -0.1) is 0 Å². The number of ether oxygens (including phenoxy) is 1. The summed E-state index contributed by atoms with van der Waals surface area (Å²) in [5, 5.41) is 12.7. The van der Waals surface area contributed by atoms with Gasteiger partial charge in [-0.1, -0.05) is 32.6 Å². The lowest BCUT2D eigenvalue weighted by Gasteiger charge is -2.29. The molecule has 1 fully saturated rings. The van der Waals surface area contributed by atoms with E-state index in [1.165, 1.54) is 0 Å². The summed E-state index contributed by atoms with van der Waals surface area (Å²) >= 11 is 0. The van der Waals surface area contributed by atoms with Crippen LogP contribution < -0.4 is 10.1 Å². The first-order valence-corrected chi connectivity index (χ1v) is 7.64. The Morgan fingerprint density at radius 3 is 2.71 bits per heavy atom. The molecule has 2 N–H and O–H groups in total. The Morgan fingerprint density at radius 2 is 2.10 bits per heavy atom. The zero-order valence-electron chi connectivity index (χ0n) is 12.5. The predicted octanol–water partition coefficient (Wildman–Crippen LogP) is 2.85. The molecule has 1 aliphatic carbocycles. The van der Waals surface area contributed by atoms with Crippen LogP contribution in [-0.2, 0) is 4.79 Å². The van der Waals surface area contributed by atoms with E-state index in [2.05, 4.69) is 15.3 Å². The Bertz CT molecular complexity index is 471. The summed E-state index contributed by atoms with van der Waals surface area (Å²) < 4.78 is 5.46. The fourth-order valence-electron chi connectivity index (χ4n) is 2.63. The van der Waals surface area contributed by atoms with Gasteiger partial charge < -0.3 is 15.2 Å². The molecule has 2 rings (SSSR count). The highest BCUT2D eigenvalue weighted by Crippen LogP contribution is 2.30. The number of rotatable bonds is 6. The van der Waals surface area contributed by atoms with Crippen LogP contribution in [0.1, 0.15) is 51.9 Å². The monoisotopic (exact) mass is 293 g/mol. The van der Waals surface area contributed by atoms with Crippen molar-refractivity contribution in [3.05, 3.63) is 12.3 Å². The Hall–Kier alpha value is -1.85. The average Bonchev–Trinajstić information content (AvgIpc) is 2.72. The lowest BCUT2D eigenvalue weighted by Crippen LogP contribution is -2.46. The molecule has 0 aromatic carbocycles. The highest BCUT2D eigenvalue weighted by Gasteiger charge is 2.39. The van der Waals surface area contributed by atoms with Gasteiger partial charge >= 0.3 is 5.97 Å². The fraction of sp³-hybridized carbons (Fsp3) is 0.667. The highest BCUT2D eigenvalue weighted by atomic mass is 16.5. The van der Waals surface area contributed by atoms with Gasteiger partial charge in [0.25, 0.3) is 0 Å². The smallest absolute Gasteiger partial charge is 0.329 e. The number of hydrogen-bond acceptors (Lipinski definition) is 5. The third kappa shape index (κ3) is 4.06. The zero-order valence-corrected chi connectivity index (χ0v) is 12.5.